The van der Waals surface area contributed by atoms with E-state index in [0.717, 1.165) is 12.1 Å². The second kappa shape index (κ2) is 21.6. The van der Waals surface area contributed by atoms with Crippen molar-refractivity contribution in [2.24, 2.45) is 20.5 Å². The van der Waals surface area contributed by atoms with Gasteiger partial charge in [-0.1, -0.05) is 12.1 Å². The molecule has 6 aromatic rings. The van der Waals surface area contributed by atoms with Crippen LogP contribution in [0.4, 0.5) is 34.1 Å². The van der Waals surface area contributed by atoms with Gasteiger partial charge >= 0.3 is 118 Å². The van der Waals surface area contributed by atoms with Crippen molar-refractivity contribution >= 4 is 96.1 Å². The van der Waals surface area contributed by atoms with Crippen LogP contribution in [0.1, 0.15) is 0 Å². The van der Waals surface area contributed by atoms with Crippen LogP contribution in [-0.4, -0.2) is 76.3 Å². The smallest absolute Gasteiger partial charge is 0.744 e. The third-order valence-electron chi connectivity index (χ3n) is 8.63. The molecule has 0 spiro atoms. The quantitative estimate of drug-likeness (QED) is 0.0405. The average molecular weight is 993 g/mol. The number of ether oxygens (including phenoxy) is 2. The molecule has 22 nitrogen and oxygen atoms in total. The number of hydrogen-bond donors (Lipinski definition) is 4. The molecule has 0 aromatic heterocycles. The van der Waals surface area contributed by atoms with E-state index in [2.05, 4.69) is 20.5 Å². The fraction of sp³-hybridized carbons (Fsp3) is 0.0588. The van der Waals surface area contributed by atoms with E-state index in [1.807, 2.05) is 0 Å². The zero-order chi connectivity index (χ0) is 44.3. The first-order chi connectivity index (χ1) is 27.8. The minimum atomic E-state index is -5.41. The van der Waals surface area contributed by atoms with Gasteiger partial charge in [-0.05, 0) is 59.7 Å². The first-order valence-electron chi connectivity index (χ1n) is 16.1. The topological polar surface area (TPSA) is 389 Å². The number of anilines is 2. The first kappa shape index (κ1) is 57.6. The van der Waals surface area contributed by atoms with E-state index in [1.165, 1.54) is 50.6 Å². The standard InChI is InChI=1S/C34H28N6O16S4.4Na/c1-55-27-7-15(3-5-23(27)37-39-33-19-9-17(57(43,44)45)11-21(35)31(19)25(41)13-29(33)59(49,50)51)16-4-6-24(28(8-16)56-2)38-40-34-20-10-18(58(46,47)48)12-22(36)32(20)26(42)14-30(34)60(52,53)54;;;;/h3-14,41-42H,35-36H2,1-2H3,(H,43,44,45)(H,46,47,48)(H,49,50,51)(H,52,53,54);;;;/q;4*+1/p-4/b39-37+,40-38+;;;;. The largest absolute Gasteiger partial charge is 1.00 e. The summed E-state index contributed by atoms with van der Waals surface area (Å²) in [6.07, 6.45) is 0. The van der Waals surface area contributed by atoms with Crippen LogP contribution in [-0.2, 0) is 40.5 Å². The van der Waals surface area contributed by atoms with Crippen molar-refractivity contribution in [2.75, 3.05) is 25.7 Å². The van der Waals surface area contributed by atoms with Crippen molar-refractivity contribution in [2.45, 2.75) is 19.6 Å². The minimum Gasteiger partial charge on any atom is -0.744 e. The molecule has 30 heteroatoms. The van der Waals surface area contributed by atoms with Gasteiger partial charge in [0.05, 0.1) is 33.8 Å². The molecular weight excluding hydrogens is 969 g/mol. The number of nitrogens with two attached hydrogens (primary N) is 2. The maximum absolute atomic E-state index is 12.2. The van der Waals surface area contributed by atoms with E-state index >= 15 is 0 Å². The van der Waals surface area contributed by atoms with Gasteiger partial charge in [0, 0.05) is 45.1 Å². The number of benzene rings is 6. The van der Waals surface area contributed by atoms with Gasteiger partial charge in [0.15, 0.2) is 0 Å². The van der Waals surface area contributed by atoms with Crippen LogP contribution in [0.25, 0.3) is 32.7 Å². The van der Waals surface area contributed by atoms with E-state index in [4.69, 9.17) is 20.9 Å². The zero-order valence-electron chi connectivity index (χ0n) is 34.1. The molecule has 0 saturated heterocycles. The Balaban J connectivity index is 0.00000352. The molecule has 0 fully saturated rings. The Hall–Kier alpha value is -2.52. The number of fused-ring (bicyclic) bond motifs is 2. The molecule has 6 N–H and O–H groups in total. The normalized spacial score (nSPS) is 12.0. The first-order valence-corrected chi connectivity index (χ1v) is 21.7. The van der Waals surface area contributed by atoms with Crippen molar-refractivity contribution in [1.82, 2.24) is 0 Å². The van der Waals surface area contributed by atoms with E-state index in [0.29, 0.717) is 35.4 Å². The number of azo groups is 2. The molecule has 0 unspecified atom stereocenters. The third-order valence-corrected chi connectivity index (χ3v) is 12.0. The maximum Gasteiger partial charge on any atom is 1.00 e. The molecule has 314 valence electrons. The number of nitrogen functional groups attached to an aromatic ring is 2. The number of aromatic hydroxyl groups is 2. The molecule has 0 radical (unpaired) electrons. The van der Waals surface area contributed by atoms with Crippen LogP contribution >= 0.6 is 0 Å². The number of methoxy groups -OCH3 is 2. The molecule has 0 aliphatic rings. The van der Waals surface area contributed by atoms with Crippen molar-refractivity contribution in [3.8, 4) is 34.1 Å². The van der Waals surface area contributed by atoms with Crippen LogP contribution in [0.5, 0.6) is 23.0 Å². The van der Waals surface area contributed by atoms with Crippen molar-refractivity contribution in [3.05, 3.63) is 72.8 Å². The van der Waals surface area contributed by atoms with Gasteiger partial charge in [0.25, 0.3) is 0 Å². The van der Waals surface area contributed by atoms with Gasteiger partial charge in [-0.3, -0.25) is 0 Å². The fourth-order valence-corrected chi connectivity index (χ4v) is 8.33. The summed E-state index contributed by atoms with van der Waals surface area (Å²) in [5.74, 6) is -1.66. The van der Waals surface area contributed by atoms with E-state index in [1.54, 1.807) is 0 Å². The van der Waals surface area contributed by atoms with E-state index in [-0.39, 0.29) is 152 Å². The van der Waals surface area contributed by atoms with Gasteiger partial charge in [0.2, 0.25) is 0 Å². The van der Waals surface area contributed by atoms with E-state index in [9.17, 15) is 62.1 Å². The summed E-state index contributed by atoms with van der Waals surface area (Å²) >= 11 is 0. The summed E-state index contributed by atoms with van der Waals surface area (Å²) < 4.78 is 155. The number of hydrogen-bond acceptors (Lipinski definition) is 22. The van der Waals surface area contributed by atoms with Gasteiger partial charge in [-0.15, -0.1) is 20.5 Å². The molecule has 6 aromatic carbocycles. The number of phenols is 2. The Morgan fingerprint density at radius 3 is 1.09 bits per heavy atom. The predicted molar refractivity (Wildman–Crippen MR) is 205 cm³/mol. The fourth-order valence-electron chi connectivity index (χ4n) is 5.98. The molecule has 0 amide bonds. The number of rotatable bonds is 11. The Labute approximate surface area is 452 Å². The van der Waals surface area contributed by atoms with Crippen molar-refractivity contribution in [1.29, 1.82) is 0 Å². The second-order valence-corrected chi connectivity index (χ2v) is 17.8. The SMILES string of the molecule is COc1cc(-c2ccc(/N=N/c3c(S(=O)(=O)[O-])cc(O)c4c(N)cc(S(=O)(=O)[O-])cc34)c(OC)c2)ccc1/N=N/c1c(S(=O)(=O)[O-])cc(O)c2c(N)cc(S(=O)(=O)[O-])cc12.[Na+].[Na+].[Na+].[Na+]. The number of phenolic OH excluding ortho intramolecular Hbond substituents is 2. The predicted octanol–water partition coefficient (Wildman–Crippen LogP) is -7.28. The molecule has 6 rings (SSSR count). The van der Waals surface area contributed by atoms with Gasteiger partial charge < -0.3 is 49.4 Å². The Morgan fingerprint density at radius 2 is 0.812 bits per heavy atom. The molecule has 64 heavy (non-hydrogen) atoms. The zero-order valence-corrected chi connectivity index (χ0v) is 45.4. The summed E-state index contributed by atoms with van der Waals surface area (Å²) in [5.41, 5.74) is 10.00. The van der Waals surface area contributed by atoms with Crippen LogP contribution in [0, 0.1) is 0 Å². The molecule has 0 atom stereocenters. The monoisotopic (exact) mass is 992 g/mol. The Morgan fingerprint density at radius 1 is 0.484 bits per heavy atom. The number of nitrogens with zero attached hydrogens (tertiary/aromatic N) is 4. The second-order valence-electron chi connectivity index (χ2n) is 12.3. The van der Waals surface area contributed by atoms with Crippen LogP contribution < -0.4 is 139 Å². The van der Waals surface area contributed by atoms with Crippen LogP contribution in [0.3, 0.4) is 0 Å². The summed E-state index contributed by atoms with van der Waals surface area (Å²) in [4.78, 5) is -4.07. The molecular formula is C34H24N6Na4O16S4. The van der Waals surface area contributed by atoms with Gasteiger partial charge in [-0.2, -0.15) is 0 Å². The van der Waals surface area contributed by atoms with Crippen molar-refractivity contribution in [3.63, 3.8) is 0 Å². The Bertz CT molecular complexity index is 3120. The molecule has 0 aliphatic heterocycles. The van der Waals surface area contributed by atoms with E-state index < -0.39 is 105 Å². The summed E-state index contributed by atoms with van der Waals surface area (Å²) in [6.45, 7) is 0. The van der Waals surface area contributed by atoms with Gasteiger partial charge in [-0.25, -0.2) is 33.7 Å². The molecule has 0 aliphatic carbocycles. The summed E-state index contributed by atoms with van der Waals surface area (Å²) in [5, 5.41) is 35.0. The van der Waals surface area contributed by atoms with Crippen LogP contribution in [0.15, 0.2) is 113 Å². The molecule has 0 saturated carbocycles. The molecule has 0 bridgehead atoms. The van der Waals surface area contributed by atoms with Crippen LogP contribution in [0.2, 0.25) is 0 Å². The Kier molecular flexibility index (Phi) is 19.5. The summed E-state index contributed by atoms with van der Waals surface area (Å²) in [7, 11) is -18.7. The third kappa shape index (κ3) is 12.1. The molecule has 0 heterocycles. The minimum absolute atomic E-state index is 0. The van der Waals surface area contributed by atoms with Gasteiger partial charge in [0.1, 0.15) is 86.2 Å². The summed E-state index contributed by atoms with van der Waals surface area (Å²) in [6, 6.07) is 12.4. The average Bonchev–Trinajstić information content (AvgIpc) is 3.14. The van der Waals surface area contributed by atoms with Crippen molar-refractivity contribution < 1.29 is 190 Å². The maximum atomic E-state index is 12.2.